The average molecular weight is 296 g/mol. The SMILES string of the molecule is O=CC(Br)(Br)c1cccc(F)c1. The maximum atomic E-state index is 12.7. The number of hydrogen-bond donors (Lipinski definition) is 0. The van der Waals surface area contributed by atoms with E-state index in [1.165, 1.54) is 12.1 Å². The largest absolute Gasteiger partial charge is 0.300 e. The van der Waals surface area contributed by atoms with E-state index in [9.17, 15) is 9.18 Å². The molecule has 1 nitrogen and oxygen atoms in total. The summed E-state index contributed by atoms with van der Waals surface area (Å²) in [6, 6.07) is 5.81. The molecule has 0 amide bonds. The highest BCUT2D eigenvalue weighted by atomic mass is 79.9. The van der Waals surface area contributed by atoms with Gasteiger partial charge in [0.25, 0.3) is 0 Å². The first-order chi connectivity index (χ1) is 5.56. The van der Waals surface area contributed by atoms with Crippen molar-refractivity contribution in [3.05, 3.63) is 35.6 Å². The fourth-order valence-electron chi connectivity index (χ4n) is 0.764. The monoisotopic (exact) mass is 294 g/mol. The Hall–Kier alpha value is -0.220. The summed E-state index contributed by atoms with van der Waals surface area (Å²) in [6.45, 7) is 0. The summed E-state index contributed by atoms with van der Waals surface area (Å²) in [7, 11) is 0. The molecule has 0 saturated carbocycles. The van der Waals surface area contributed by atoms with Crippen LogP contribution < -0.4 is 0 Å². The van der Waals surface area contributed by atoms with Gasteiger partial charge in [0.15, 0.2) is 9.52 Å². The van der Waals surface area contributed by atoms with Crippen LogP contribution in [0.1, 0.15) is 5.56 Å². The molecule has 1 aromatic carbocycles. The summed E-state index contributed by atoms with van der Waals surface area (Å²) in [5.41, 5.74) is 0.539. The van der Waals surface area contributed by atoms with Crippen LogP contribution in [0.3, 0.4) is 0 Å². The molecule has 0 heterocycles. The van der Waals surface area contributed by atoms with Gasteiger partial charge >= 0.3 is 0 Å². The second-order valence-electron chi connectivity index (χ2n) is 2.25. The highest BCUT2D eigenvalue weighted by Gasteiger charge is 2.24. The highest BCUT2D eigenvalue weighted by Crippen LogP contribution is 2.35. The van der Waals surface area contributed by atoms with Crippen LogP contribution in [0.4, 0.5) is 4.39 Å². The van der Waals surface area contributed by atoms with Crippen LogP contribution in [-0.4, -0.2) is 6.29 Å². The van der Waals surface area contributed by atoms with Crippen LogP contribution in [0.5, 0.6) is 0 Å². The fourth-order valence-corrected chi connectivity index (χ4v) is 1.26. The van der Waals surface area contributed by atoms with Gasteiger partial charge in [0.2, 0.25) is 0 Å². The lowest BCUT2D eigenvalue weighted by Gasteiger charge is -2.12. The number of carbonyl (C=O) groups excluding carboxylic acids is 1. The van der Waals surface area contributed by atoms with Crippen molar-refractivity contribution in [2.24, 2.45) is 0 Å². The van der Waals surface area contributed by atoms with Gasteiger partial charge in [0.05, 0.1) is 0 Å². The van der Waals surface area contributed by atoms with Crippen LogP contribution in [-0.2, 0) is 8.03 Å². The fraction of sp³-hybridized carbons (Fsp3) is 0.125. The molecular formula is C8H5Br2FO. The van der Waals surface area contributed by atoms with E-state index in [1.54, 1.807) is 12.1 Å². The molecule has 1 rings (SSSR count). The predicted molar refractivity (Wildman–Crippen MR) is 52.0 cm³/mol. The highest BCUT2D eigenvalue weighted by molar-refractivity contribution is 9.25. The minimum absolute atomic E-state index is 0.363. The standard InChI is InChI=1S/C8H5Br2FO/c9-8(10,5-12)6-2-1-3-7(11)4-6/h1-5H. The Morgan fingerprint density at radius 1 is 1.42 bits per heavy atom. The van der Waals surface area contributed by atoms with Gasteiger partial charge in [-0.05, 0) is 17.7 Å². The van der Waals surface area contributed by atoms with Crippen molar-refractivity contribution in [2.45, 2.75) is 3.23 Å². The second kappa shape index (κ2) is 3.66. The number of alkyl halides is 2. The molecule has 0 bridgehead atoms. The molecule has 64 valence electrons. The molecule has 0 spiro atoms. The van der Waals surface area contributed by atoms with Gasteiger partial charge in [0, 0.05) is 0 Å². The third-order valence-corrected chi connectivity index (χ3v) is 2.65. The Morgan fingerprint density at radius 3 is 2.58 bits per heavy atom. The molecule has 0 fully saturated rings. The summed E-state index contributed by atoms with van der Waals surface area (Å²) in [6.07, 6.45) is 0.655. The lowest BCUT2D eigenvalue weighted by molar-refractivity contribution is -0.107. The number of aldehydes is 1. The molecule has 0 saturated heterocycles. The molecule has 0 N–H and O–H groups in total. The van der Waals surface area contributed by atoms with E-state index < -0.39 is 3.23 Å². The quantitative estimate of drug-likeness (QED) is 0.606. The first kappa shape index (κ1) is 9.86. The number of halogens is 3. The zero-order valence-electron chi connectivity index (χ0n) is 5.93. The van der Waals surface area contributed by atoms with Crippen molar-refractivity contribution in [3.8, 4) is 0 Å². The Bertz CT molecular complexity index is 299. The third kappa shape index (κ3) is 2.14. The van der Waals surface area contributed by atoms with Crippen molar-refractivity contribution >= 4 is 38.1 Å². The van der Waals surface area contributed by atoms with Crippen LogP contribution in [0.15, 0.2) is 24.3 Å². The lowest BCUT2D eigenvalue weighted by atomic mass is 10.2. The summed E-state index contributed by atoms with van der Waals surface area (Å²) in [5.74, 6) is -0.363. The molecule has 0 aromatic heterocycles. The summed E-state index contributed by atoms with van der Waals surface area (Å²) >= 11 is 6.21. The molecule has 0 aliphatic heterocycles. The van der Waals surface area contributed by atoms with Crippen molar-refractivity contribution in [1.82, 2.24) is 0 Å². The summed E-state index contributed by atoms with van der Waals surface area (Å²) in [4.78, 5) is 10.5. The summed E-state index contributed by atoms with van der Waals surface area (Å²) in [5, 5.41) is 0. The molecule has 0 radical (unpaired) electrons. The van der Waals surface area contributed by atoms with E-state index in [-0.39, 0.29) is 5.82 Å². The van der Waals surface area contributed by atoms with Crippen LogP contribution >= 0.6 is 31.9 Å². The zero-order chi connectivity index (χ0) is 9.19. The third-order valence-electron chi connectivity index (χ3n) is 1.36. The van der Waals surface area contributed by atoms with Crippen LogP contribution in [0, 0.1) is 5.82 Å². The number of carbonyl (C=O) groups is 1. The molecular weight excluding hydrogens is 291 g/mol. The van der Waals surface area contributed by atoms with Gasteiger partial charge in [-0.15, -0.1) is 0 Å². The molecule has 0 aliphatic rings. The minimum atomic E-state index is -0.970. The van der Waals surface area contributed by atoms with Gasteiger partial charge in [-0.3, -0.25) is 0 Å². The smallest absolute Gasteiger partial charge is 0.160 e. The normalized spacial score (nSPS) is 11.2. The van der Waals surface area contributed by atoms with Gasteiger partial charge < -0.3 is 4.79 Å². The Kier molecular flexibility index (Phi) is 3.01. The number of rotatable bonds is 2. The first-order valence-electron chi connectivity index (χ1n) is 3.16. The molecule has 0 atom stereocenters. The van der Waals surface area contributed by atoms with E-state index >= 15 is 0 Å². The van der Waals surface area contributed by atoms with Crippen LogP contribution in [0.2, 0.25) is 0 Å². The first-order valence-corrected chi connectivity index (χ1v) is 4.75. The van der Waals surface area contributed by atoms with Gasteiger partial charge in [0.1, 0.15) is 5.82 Å². The second-order valence-corrected chi connectivity index (χ2v) is 5.82. The Morgan fingerprint density at radius 2 is 2.08 bits per heavy atom. The van der Waals surface area contributed by atoms with Crippen molar-refractivity contribution in [3.63, 3.8) is 0 Å². The van der Waals surface area contributed by atoms with Crippen molar-refractivity contribution in [2.75, 3.05) is 0 Å². The molecule has 0 aliphatic carbocycles. The average Bonchev–Trinajstić information content (AvgIpc) is 2.05. The zero-order valence-corrected chi connectivity index (χ0v) is 9.10. The molecule has 12 heavy (non-hydrogen) atoms. The lowest BCUT2D eigenvalue weighted by Crippen LogP contribution is -2.09. The Labute approximate surface area is 86.2 Å². The Balaban J connectivity index is 3.11. The van der Waals surface area contributed by atoms with E-state index in [0.717, 1.165) is 0 Å². The number of hydrogen-bond acceptors (Lipinski definition) is 1. The van der Waals surface area contributed by atoms with Gasteiger partial charge in [-0.2, -0.15) is 0 Å². The molecule has 4 heteroatoms. The molecule has 1 aromatic rings. The minimum Gasteiger partial charge on any atom is -0.300 e. The maximum Gasteiger partial charge on any atom is 0.160 e. The van der Waals surface area contributed by atoms with E-state index in [2.05, 4.69) is 31.9 Å². The van der Waals surface area contributed by atoms with E-state index in [4.69, 9.17) is 0 Å². The maximum absolute atomic E-state index is 12.7. The van der Waals surface area contributed by atoms with Crippen molar-refractivity contribution in [1.29, 1.82) is 0 Å². The van der Waals surface area contributed by atoms with Crippen LogP contribution in [0.25, 0.3) is 0 Å². The van der Waals surface area contributed by atoms with Gasteiger partial charge in [-0.1, -0.05) is 44.0 Å². The predicted octanol–water partition coefficient (Wildman–Crippen LogP) is 2.97. The molecule has 0 unspecified atom stereocenters. The van der Waals surface area contributed by atoms with E-state index in [0.29, 0.717) is 11.8 Å². The van der Waals surface area contributed by atoms with E-state index in [1.807, 2.05) is 0 Å². The summed E-state index contributed by atoms with van der Waals surface area (Å²) < 4.78 is 11.7. The topological polar surface area (TPSA) is 17.1 Å². The van der Waals surface area contributed by atoms with Crippen molar-refractivity contribution < 1.29 is 9.18 Å². The van der Waals surface area contributed by atoms with Gasteiger partial charge in [-0.25, -0.2) is 4.39 Å². The number of benzene rings is 1.